The molecule has 60 heavy (non-hydrogen) atoms. The number of hydrogen-bond donors (Lipinski definition) is 1. The van der Waals surface area contributed by atoms with Crippen LogP contribution in [0.4, 0.5) is 0 Å². The summed E-state index contributed by atoms with van der Waals surface area (Å²) in [7, 11) is 0. The van der Waals surface area contributed by atoms with Crippen LogP contribution in [-0.2, 0) is 38.1 Å². The van der Waals surface area contributed by atoms with Gasteiger partial charge in [-0.05, 0) is 150 Å². The van der Waals surface area contributed by atoms with Gasteiger partial charge in [0.25, 0.3) is 0 Å². The van der Waals surface area contributed by atoms with Gasteiger partial charge in [-0.15, -0.1) is 0 Å². The van der Waals surface area contributed by atoms with E-state index < -0.39 is 16.4 Å². The second-order valence-electron chi connectivity index (χ2n) is 21.1. The maximum atomic E-state index is 12.4. The van der Waals surface area contributed by atoms with Crippen LogP contribution in [0.15, 0.2) is 0 Å². The Labute approximate surface area is 370 Å². The Kier molecular flexibility index (Phi) is 21.9. The van der Waals surface area contributed by atoms with Crippen LogP contribution >= 0.6 is 0 Å². The molecule has 7 aliphatic carbocycles. The van der Waals surface area contributed by atoms with Crippen molar-refractivity contribution in [3.63, 3.8) is 0 Å². The van der Waals surface area contributed by atoms with Gasteiger partial charge in [0.1, 0.15) is 23.4 Å². The number of carbonyl (C=O) groups excluding carboxylic acids is 4. The van der Waals surface area contributed by atoms with Gasteiger partial charge in [0.05, 0.1) is 27.8 Å². The quantitative estimate of drug-likeness (QED) is 0.169. The Morgan fingerprint density at radius 3 is 1.65 bits per heavy atom. The van der Waals surface area contributed by atoms with Crippen molar-refractivity contribution in [2.75, 3.05) is 0 Å². The minimum absolute atomic E-state index is 0. The zero-order valence-electron chi connectivity index (χ0n) is 35.6. The van der Waals surface area contributed by atoms with E-state index in [2.05, 4.69) is 13.8 Å². The van der Waals surface area contributed by atoms with Gasteiger partial charge >= 0.3 is 23.9 Å². The summed E-state index contributed by atoms with van der Waals surface area (Å²) < 4.78 is 22.8. The van der Waals surface area contributed by atoms with Crippen LogP contribution in [0.2, 0.25) is 0 Å². The molecule has 7 unspecified atom stereocenters. The molecule has 8 fully saturated rings. The summed E-state index contributed by atoms with van der Waals surface area (Å²) in [5, 5.41) is 10.6. The maximum absolute atomic E-state index is 12.4. The Morgan fingerprint density at radius 1 is 0.683 bits per heavy atom. The highest BCUT2D eigenvalue weighted by Crippen LogP contribution is 2.59. The molecule has 6 bridgehead atoms. The molecule has 9 heteroatoms. The predicted octanol–water partition coefficient (Wildman–Crippen LogP) is 13.1. The van der Waals surface area contributed by atoms with Gasteiger partial charge in [-0.25, -0.2) is 0 Å². The van der Waals surface area contributed by atoms with E-state index in [1.807, 2.05) is 62.3 Å². The van der Waals surface area contributed by atoms with Gasteiger partial charge in [-0.2, -0.15) is 0 Å². The third-order valence-corrected chi connectivity index (χ3v) is 15.2. The van der Waals surface area contributed by atoms with Crippen molar-refractivity contribution in [2.24, 2.45) is 51.8 Å². The van der Waals surface area contributed by atoms with Gasteiger partial charge in [0.15, 0.2) is 0 Å². The number of fused-ring (bicyclic) bond motifs is 1. The molecule has 0 aromatic carbocycles. The first-order valence-corrected chi connectivity index (χ1v) is 21.6. The molecule has 0 amide bonds. The fourth-order valence-corrected chi connectivity index (χ4v) is 10.6. The zero-order chi connectivity index (χ0) is 40.1. The lowest BCUT2D eigenvalue weighted by molar-refractivity contribution is -0.225. The second-order valence-corrected chi connectivity index (χ2v) is 21.1. The fraction of sp³-hybridized carbons (Fsp3) is 0.922. The summed E-state index contributed by atoms with van der Waals surface area (Å²) in [4.78, 5) is 48.2. The number of hydrogen-bond acceptors (Lipinski definition) is 9. The predicted molar refractivity (Wildman–Crippen MR) is 247 cm³/mol. The largest absolute Gasteiger partial charge is 0.459 e. The molecule has 8 rings (SSSR count). The normalized spacial score (nSPS) is 31.8. The highest BCUT2D eigenvalue weighted by molar-refractivity contribution is 5.79. The van der Waals surface area contributed by atoms with E-state index in [1.54, 1.807) is 0 Å². The van der Waals surface area contributed by atoms with Crippen LogP contribution in [0, 0.1) is 51.8 Å². The Hall–Kier alpha value is -2.16. The fourth-order valence-electron chi connectivity index (χ4n) is 10.6. The SMILES string of the molecule is C.C.C.C.C.C.CCC(C)(C)C(=O)OC(C)(C)C1CCCCC1.CCC(C)(C)C(=O)OC12CC3CC(CC(O)(C3)C1)C2.CCC(C)(C)C(=O)OC1C2CC3C(=O)OC1C3C2. The van der Waals surface area contributed by atoms with Gasteiger partial charge in [-0.1, -0.05) is 84.6 Å². The van der Waals surface area contributed by atoms with E-state index in [-0.39, 0.29) is 103 Å². The molecule has 1 saturated heterocycles. The summed E-state index contributed by atoms with van der Waals surface area (Å²) in [6.07, 6.45) is 15.8. The molecular weight excluding hydrogens is 757 g/mol. The van der Waals surface area contributed by atoms with Crippen LogP contribution in [0.1, 0.15) is 223 Å². The van der Waals surface area contributed by atoms with Gasteiger partial charge in [-0.3, -0.25) is 19.2 Å². The molecule has 0 radical (unpaired) electrons. The first-order valence-electron chi connectivity index (χ1n) is 21.6. The molecule has 1 N–H and O–H groups in total. The molecule has 8 aliphatic rings. The van der Waals surface area contributed by atoms with Crippen LogP contribution in [0.5, 0.6) is 0 Å². The van der Waals surface area contributed by atoms with E-state index in [1.165, 1.54) is 38.5 Å². The van der Waals surface area contributed by atoms with E-state index >= 15 is 0 Å². The molecule has 0 aromatic heterocycles. The summed E-state index contributed by atoms with van der Waals surface area (Å²) in [6.45, 7) is 21.8. The van der Waals surface area contributed by atoms with Crippen LogP contribution in [0.25, 0.3) is 0 Å². The lowest BCUT2D eigenvalue weighted by Gasteiger charge is -2.59. The number of aliphatic hydroxyl groups is 1. The number of ether oxygens (including phenoxy) is 4. The highest BCUT2D eigenvalue weighted by atomic mass is 16.6. The first-order chi connectivity index (χ1) is 25.0. The van der Waals surface area contributed by atoms with Crippen molar-refractivity contribution < 1.29 is 43.2 Å². The van der Waals surface area contributed by atoms with Crippen LogP contribution in [-0.4, -0.2) is 58.0 Å². The third kappa shape index (κ3) is 12.7. The van der Waals surface area contributed by atoms with Crippen molar-refractivity contribution in [2.45, 2.75) is 252 Å². The standard InChI is InChI=1S/C16H26O3.C15H28O2.C14H20O4.6CH4/c1-4-14(2,3)13(17)19-16-8-11-5-12(9-16)7-15(18,6-11)10-16;1-6-14(2,3)13(16)17-15(4,5)12-10-8-7-9-11-12;1-4-14(2,3)13(16)18-10-7-5-8-9(6-7)12(15)17-11(8)10;;;;;;/h11-12,18H,4-10H2,1-3H3;12H,6-11H2,1-5H3;7-11H,4-6H2,1-3H3;6*1H4. The summed E-state index contributed by atoms with van der Waals surface area (Å²) in [6, 6.07) is 0. The molecule has 1 heterocycles. The van der Waals surface area contributed by atoms with Crippen molar-refractivity contribution >= 4 is 23.9 Å². The minimum atomic E-state index is -0.555. The van der Waals surface area contributed by atoms with Crippen molar-refractivity contribution in [1.29, 1.82) is 0 Å². The monoisotopic (exact) mass is 855 g/mol. The van der Waals surface area contributed by atoms with Crippen LogP contribution < -0.4 is 0 Å². The zero-order valence-corrected chi connectivity index (χ0v) is 35.6. The van der Waals surface area contributed by atoms with Gasteiger partial charge < -0.3 is 24.1 Å². The number of rotatable bonds is 10. The van der Waals surface area contributed by atoms with Crippen molar-refractivity contribution in [3.8, 4) is 0 Å². The Balaban J connectivity index is 0. The molecule has 7 saturated carbocycles. The van der Waals surface area contributed by atoms with Gasteiger partial charge in [0, 0.05) is 18.3 Å². The van der Waals surface area contributed by atoms with E-state index in [0.29, 0.717) is 36.0 Å². The topological polar surface area (TPSA) is 125 Å². The molecule has 356 valence electrons. The number of carbonyl (C=O) groups is 4. The number of esters is 4. The smallest absolute Gasteiger partial charge is 0.312 e. The summed E-state index contributed by atoms with van der Waals surface area (Å²) >= 11 is 0. The minimum Gasteiger partial charge on any atom is -0.459 e. The van der Waals surface area contributed by atoms with E-state index in [9.17, 15) is 24.3 Å². The van der Waals surface area contributed by atoms with Gasteiger partial charge in [0.2, 0.25) is 0 Å². The highest BCUT2D eigenvalue weighted by Gasteiger charge is 2.64. The Morgan fingerprint density at radius 2 is 1.17 bits per heavy atom. The lowest BCUT2D eigenvalue weighted by Crippen LogP contribution is -2.61. The van der Waals surface area contributed by atoms with Crippen LogP contribution in [0.3, 0.4) is 0 Å². The van der Waals surface area contributed by atoms with Crippen molar-refractivity contribution in [1.82, 2.24) is 0 Å². The Bertz CT molecular complexity index is 1370. The van der Waals surface area contributed by atoms with E-state index in [4.69, 9.17) is 18.9 Å². The average molecular weight is 855 g/mol. The molecule has 7 atom stereocenters. The molecule has 0 aromatic rings. The molecule has 9 nitrogen and oxygen atoms in total. The van der Waals surface area contributed by atoms with E-state index in [0.717, 1.165) is 57.8 Å². The first kappa shape index (κ1) is 59.9. The third-order valence-electron chi connectivity index (χ3n) is 15.2. The molecular formula is C51H98O9. The summed E-state index contributed by atoms with van der Waals surface area (Å²) in [5.74, 6) is 1.98. The molecule has 0 spiro atoms. The molecule has 1 aliphatic heterocycles. The summed E-state index contributed by atoms with van der Waals surface area (Å²) in [5.41, 5.74) is -2.44. The van der Waals surface area contributed by atoms with Crippen molar-refractivity contribution in [3.05, 3.63) is 0 Å². The average Bonchev–Trinajstić information content (AvgIpc) is 3.73. The maximum Gasteiger partial charge on any atom is 0.312 e. The second kappa shape index (κ2) is 22.0. The lowest BCUT2D eigenvalue weighted by atomic mass is 9.52.